The van der Waals surface area contributed by atoms with Crippen LogP contribution in [0.4, 0.5) is 5.00 Å². The van der Waals surface area contributed by atoms with Crippen LogP contribution in [0.1, 0.15) is 44.8 Å². The Morgan fingerprint density at radius 1 is 1.18 bits per heavy atom. The molecule has 2 aromatic rings. The average molecular weight is 486 g/mol. The van der Waals surface area contributed by atoms with E-state index in [4.69, 9.17) is 0 Å². The molecule has 0 radical (unpaired) electrons. The van der Waals surface area contributed by atoms with E-state index in [1.54, 1.807) is 30.3 Å². The molecular weight excluding hydrogens is 465 g/mol. The Morgan fingerprint density at radius 2 is 1.85 bits per heavy atom. The fraction of sp³-hybridized carbons (Fsp3) is 0.250. The molecule has 0 fully saturated rings. The number of nitrogens with one attached hydrogen (secondary N) is 1. The van der Waals surface area contributed by atoms with Gasteiger partial charge in [-0.2, -0.15) is 10.5 Å². The van der Waals surface area contributed by atoms with Crippen LogP contribution in [0.25, 0.3) is 0 Å². The number of rotatable bonds is 6. The average Bonchev–Trinajstić information content (AvgIpc) is 3.16. The fourth-order valence-corrected chi connectivity index (χ4v) is 4.66. The van der Waals surface area contributed by atoms with Crippen molar-refractivity contribution in [3.05, 3.63) is 74.5 Å². The molecule has 0 saturated carbocycles. The van der Waals surface area contributed by atoms with Crippen molar-refractivity contribution in [1.82, 2.24) is 0 Å². The zero-order valence-electron chi connectivity index (χ0n) is 18.7. The van der Waals surface area contributed by atoms with E-state index in [9.17, 15) is 25.2 Å². The second kappa shape index (κ2) is 12.3. The van der Waals surface area contributed by atoms with Crippen molar-refractivity contribution in [3.8, 4) is 12.1 Å². The molecule has 0 atom stereocenters. The molecule has 0 saturated heterocycles. The van der Waals surface area contributed by atoms with E-state index in [1.165, 1.54) is 11.3 Å². The van der Waals surface area contributed by atoms with Gasteiger partial charge in [0.2, 0.25) is 0 Å². The molecule has 1 N–H and O–H groups in total. The van der Waals surface area contributed by atoms with Gasteiger partial charge in [-0.1, -0.05) is 35.6 Å². The van der Waals surface area contributed by atoms with E-state index in [1.807, 2.05) is 6.92 Å². The standard InChI is InChI=1S/C24H21N3O4S.K/c1-14-7-9-15(10-8-14)20(28)11-19(22(29)18(13-26)24(30)31-2)27-23-17(12-25)16-5-3-4-6-21(16)32-23;/h7-11,27,29H,3-6H2,1-2H3;/q;+1/p-1. The first-order valence-electron chi connectivity index (χ1n) is 9.94. The number of nitriles is 2. The number of carbonyl (C=O) groups is 2. The van der Waals surface area contributed by atoms with Crippen molar-refractivity contribution >= 4 is 28.1 Å². The van der Waals surface area contributed by atoms with E-state index >= 15 is 0 Å². The Bertz CT molecular complexity index is 1210. The number of nitrogens with zero attached hydrogens (tertiary/aromatic N) is 2. The molecule has 1 heterocycles. The Hall–Kier alpha value is -2.24. The largest absolute Gasteiger partial charge is 1.00 e. The molecule has 0 unspecified atom stereocenters. The molecule has 0 spiro atoms. The molecule has 3 rings (SSSR count). The van der Waals surface area contributed by atoms with Crippen LogP contribution in [0.2, 0.25) is 0 Å². The zero-order chi connectivity index (χ0) is 23.3. The van der Waals surface area contributed by atoms with E-state index in [0.717, 1.165) is 54.9 Å². The number of allylic oxidation sites excluding steroid dienone is 1. The van der Waals surface area contributed by atoms with Gasteiger partial charge in [-0.05, 0) is 38.2 Å². The molecule has 7 nitrogen and oxygen atoms in total. The van der Waals surface area contributed by atoms with Gasteiger partial charge in [-0.3, -0.25) is 4.79 Å². The van der Waals surface area contributed by atoms with Gasteiger partial charge in [0.1, 0.15) is 22.7 Å². The van der Waals surface area contributed by atoms with Gasteiger partial charge in [0.05, 0.1) is 12.7 Å². The van der Waals surface area contributed by atoms with E-state index < -0.39 is 23.1 Å². The van der Waals surface area contributed by atoms with E-state index in [2.05, 4.69) is 16.1 Å². The number of benzene rings is 1. The summed E-state index contributed by atoms with van der Waals surface area (Å²) in [7, 11) is 1.06. The van der Waals surface area contributed by atoms with Crippen LogP contribution in [-0.4, -0.2) is 18.9 Å². The van der Waals surface area contributed by atoms with Crippen LogP contribution in [0, 0.1) is 29.6 Å². The maximum Gasteiger partial charge on any atom is 1.00 e. The topological polar surface area (TPSA) is 126 Å². The number of anilines is 1. The number of ketones is 1. The molecule has 1 aliphatic rings. The summed E-state index contributed by atoms with van der Waals surface area (Å²) in [6.45, 7) is 1.88. The number of hydrogen-bond donors (Lipinski definition) is 1. The first kappa shape index (κ1) is 27.0. The summed E-state index contributed by atoms with van der Waals surface area (Å²) in [6, 6.07) is 10.5. The molecule has 1 aromatic carbocycles. The molecule has 1 aliphatic carbocycles. The third kappa shape index (κ3) is 6.21. The third-order valence-corrected chi connectivity index (χ3v) is 6.32. The number of hydrogen-bond acceptors (Lipinski definition) is 8. The Morgan fingerprint density at radius 3 is 2.45 bits per heavy atom. The van der Waals surface area contributed by atoms with E-state index in [0.29, 0.717) is 16.1 Å². The maximum absolute atomic E-state index is 13.0. The zero-order valence-corrected chi connectivity index (χ0v) is 22.6. The third-order valence-electron chi connectivity index (χ3n) is 5.12. The molecule has 162 valence electrons. The number of fused-ring (bicyclic) bond motifs is 1. The smallest absolute Gasteiger partial charge is 0.870 e. The van der Waals surface area contributed by atoms with Gasteiger partial charge in [-0.25, -0.2) is 4.79 Å². The summed E-state index contributed by atoms with van der Waals surface area (Å²) in [4.78, 5) is 25.8. The summed E-state index contributed by atoms with van der Waals surface area (Å²) in [5, 5.41) is 35.3. The fourth-order valence-electron chi connectivity index (χ4n) is 3.41. The Kier molecular flexibility index (Phi) is 10.1. The van der Waals surface area contributed by atoms with Crippen LogP contribution < -0.4 is 61.8 Å². The minimum atomic E-state index is -1.10. The van der Waals surface area contributed by atoms with E-state index in [-0.39, 0.29) is 57.1 Å². The Balaban J connectivity index is 0.00000385. The number of thiophene rings is 1. The minimum absolute atomic E-state index is 0. The number of methoxy groups -OCH3 is 1. The quantitative estimate of drug-likeness (QED) is 0.119. The van der Waals surface area contributed by atoms with Crippen molar-refractivity contribution in [1.29, 1.82) is 10.5 Å². The van der Waals surface area contributed by atoms with Crippen LogP contribution >= 0.6 is 11.3 Å². The molecular formula is C24H20KN3O4S. The van der Waals surface area contributed by atoms with Crippen LogP contribution in [-0.2, 0) is 22.4 Å². The maximum atomic E-state index is 13.0. The van der Waals surface area contributed by atoms with Gasteiger partial charge in [0.25, 0.3) is 0 Å². The number of carbonyl (C=O) groups excluding carboxylic acids is 2. The van der Waals surface area contributed by atoms with Crippen LogP contribution in [0.3, 0.4) is 0 Å². The van der Waals surface area contributed by atoms with Crippen molar-refractivity contribution in [2.24, 2.45) is 0 Å². The van der Waals surface area contributed by atoms with Crippen molar-refractivity contribution in [3.63, 3.8) is 0 Å². The predicted molar refractivity (Wildman–Crippen MR) is 118 cm³/mol. The van der Waals surface area contributed by atoms with Crippen LogP contribution in [0.5, 0.6) is 0 Å². The minimum Gasteiger partial charge on any atom is -0.870 e. The molecule has 33 heavy (non-hydrogen) atoms. The molecule has 0 aliphatic heterocycles. The molecule has 0 bridgehead atoms. The molecule has 0 amide bonds. The van der Waals surface area contributed by atoms with Gasteiger partial charge >= 0.3 is 57.4 Å². The number of esters is 1. The number of ether oxygens (including phenoxy) is 1. The first-order valence-corrected chi connectivity index (χ1v) is 10.8. The predicted octanol–water partition coefficient (Wildman–Crippen LogP) is 0.301. The van der Waals surface area contributed by atoms with Gasteiger partial charge in [-0.15, -0.1) is 11.3 Å². The van der Waals surface area contributed by atoms with Gasteiger partial charge in [0, 0.05) is 22.2 Å². The second-order valence-corrected chi connectivity index (χ2v) is 8.35. The molecule has 9 heteroatoms. The first-order chi connectivity index (χ1) is 15.4. The second-order valence-electron chi connectivity index (χ2n) is 7.25. The monoisotopic (exact) mass is 485 g/mol. The van der Waals surface area contributed by atoms with Crippen molar-refractivity contribution in [2.75, 3.05) is 12.4 Å². The normalized spacial score (nSPS) is 13.4. The SMILES string of the molecule is COC(=O)C(C#N)=C([O-])C(=CC(=O)c1ccc(C)cc1)Nc1sc2c(c1C#N)CCCC2.[K+]. The summed E-state index contributed by atoms with van der Waals surface area (Å²) in [5.41, 5.74) is 1.64. The van der Waals surface area contributed by atoms with Crippen LogP contribution in [0.15, 0.2) is 47.4 Å². The summed E-state index contributed by atoms with van der Waals surface area (Å²) in [5.74, 6) is -2.56. The summed E-state index contributed by atoms with van der Waals surface area (Å²) in [6.07, 6.45) is 4.64. The van der Waals surface area contributed by atoms with Crippen molar-refractivity contribution < 1.29 is 70.8 Å². The van der Waals surface area contributed by atoms with Gasteiger partial charge in [0.15, 0.2) is 5.78 Å². The summed E-state index contributed by atoms with van der Waals surface area (Å²) < 4.78 is 4.53. The number of aryl methyl sites for hydroxylation is 2. The Labute approximate surface area is 238 Å². The summed E-state index contributed by atoms with van der Waals surface area (Å²) >= 11 is 1.34. The van der Waals surface area contributed by atoms with Gasteiger partial charge < -0.3 is 15.2 Å². The molecule has 1 aromatic heterocycles. The van der Waals surface area contributed by atoms with Crippen molar-refractivity contribution in [2.45, 2.75) is 32.6 Å².